The number of thiophene rings is 1. The number of aromatic nitrogens is 6. The highest BCUT2D eigenvalue weighted by atomic mass is 32.2. The monoisotopic (exact) mass is 655 g/mol. The Kier molecular flexibility index (Phi) is 7.61. The van der Waals surface area contributed by atoms with Crippen molar-refractivity contribution in [2.45, 2.75) is 69.2 Å². The molecule has 1 fully saturated rings. The Morgan fingerprint density at radius 1 is 1.09 bits per heavy atom. The van der Waals surface area contributed by atoms with E-state index in [0.29, 0.717) is 27.9 Å². The SMILES string of the molecule is CC(C)[C@@H]1CS(=O)(=O)c2c1nc(CCC1CCOCC1)c(-c1ncn[nH]1)c2-c1cc2ccnc(N[C@@H]3CCc4ncccc43)c2s1. The molecule has 0 aromatic carbocycles. The molecule has 2 N–H and O–H groups in total. The molecule has 8 rings (SSSR count). The minimum atomic E-state index is -3.62. The van der Waals surface area contributed by atoms with Crippen LogP contribution >= 0.6 is 11.3 Å². The number of fused-ring (bicyclic) bond motifs is 3. The largest absolute Gasteiger partial charge is 0.381 e. The summed E-state index contributed by atoms with van der Waals surface area (Å²) < 4.78 is 34.8. The molecule has 0 spiro atoms. The number of sulfone groups is 1. The summed E-state index contributed by atoms with van der Waals surface area (Å²) in [5, 5.41) is 11.9. The minimum Gasteiger partial charge on any atom is -0.381 e. The zero-order chi connectivity index (χ0) is 31.4. The number of aromatic amines is 1. The van der Waals surface area contributed by atoms with Crippen molar-refractivity contribution in [3.8, 4) is 21.8 Å². The first-order chi connectivity index (χ1) is 22.4. The Morgan fingerprint density at radius 2 is 1.96 bits per heavy atom. The predicted molar refractivity (Wildman–Crippen MR) is 179 cm³/mol. The fourth-order valence-electron chi connectivity index (χ4n) is 7.40. The molecule has 3 aliphatic rings. The van der Waals surface area contributed by atoms with E-state index in [-0.39, 0.29) is 23.6 Å². The smallest absolute Gasteiger partial charge is 0.181 e. The van der Waals surface area contributed by atoms with Gasteiger partial charge >= 0.3 is 0 Å². The molecule has 46 heavy (non-hydrogen) atoms. The molecule has 5 aromatic heterocycles. The molecule has 0 bridgehead atoms. The second-order valence-electron chi connectivity index (χ2n) is 13.0. The van der Waals surface area contributed by atoms with Gasteiger partial charge in [-0.2, -0.15) is 5.10 Å². The highest BCUT2D eigenvalue weighted by molar-refractivity contribution is 7.92. The van der Waals surface area contributed by atoms with Gasteiger partial charge in [0, 0.05) is 47.7 Å². The first-order valence-electron chi connectivity index (χ1n) is 16.2. The summed E-state index contributed by atoms with van der Waals surface area (Å²) in [7, 11) is -3.62. The zero-order valence-corrected chi connectivity index (χ0v) is 27.6. The van der Waals surface area contributed by atoms with Crippen LogP contribution in [0.15, 0.2) is 47.9 Å². The lowest BCUT2D eigenvalue weighted by Crippen LogP contribution is -2.17. The zero-order valence-electron chi connectivity index (χ0n) is 26.0. The van der Waals surface area contributed by atoms with Crippen LogP contribution in [-0.4, -0.2) is 57.5 Å². The number of anilines is 1. The van der Waals surface area contributed by atoms with Crippen molar-refractivity contribution in [1.82, 2.24) is 30.1 Å². The number of aryl methyl sites for hydroxylation is 2. The topological polar surface area (TPSA) is 136 Å². The quantitative estimate of drug-likeness (QED) is 0.191. The summed E-state index contributed by atoms with van der Waals surface area (Å²) in [6.45, 7) is 5.74. The van der Waals surface area contributed by atoms with Crippen molar-refractivity contribution < 1.29 is 13.2 Å². The molecule has 0 unspecified atom stereocenters. The second kappa shape index (κ2) is 11.8. The third-order valence-electron chi connectivity index (χ3n) is 9.86. The molecule has 238 valence electrons. The maximum atomic E-state index is 14.1. The van der Waals surface area contributed by atoms with Gasteiger partial charge in [0.25, 0.3) is 0 Å². The van der Waals surface area contributed by atoms with Crippen LogP contribution in [0.1, 0.15) is 74.1 Å². The number of H-pyrrole nitrogens is 1. The van der Waals surface area contributed by atoms with Gasteiger partial charge in [0.1, 0.15) is 12.1 Å². The molecule has 2 aliphatic heterocycles. The minimum absolute atomic E-state index is 0.0631. The molecule has 5 aromatic rings. The van der Waals surface area contributed by atoms with Crippen molar-refractivity contribution in [3.05, 3.63) is 65.6 Å². The number of nitrogens with one attached hydrogen (secondary N) is 2. The molecule has 1 saturated heterocycles. The fraction of sp³-hybridized carbons (Fsp3) is 0.441. The lowest BCUT2D eigenvalue weighted by Gasteiger charge is -2.23. The molecule has 0 radical (unpaired) electrons. The van der Waals surface area contributed by atoms with Crippen LogP contribution in [0, 0.1) is 11.8 Å². The maximum absolute atomic E-state index is 14.1. The highest BCUT2D eigenvalue weighted by Gasteiger charge is 2.43. The van der Waals surface area contributed by atoms with E-state index in [1.165, 1.54) is 11.9 Å². The van der Waals surface area contributed by atoms with Crippen molar-refractivity contribution in [3.63, 3.8) is 0 Å². The Bertz CT molecular complexity index is 2020. The number of hydrogen-bond donors (Lipinski definition) is 2. The molecule has 0 saturated carbocycles. The van der Waals surface area contributed by atoms with Gasteiger partial charge in [0.05, 0.1) is 38.3 Å². The van der Waals surface area contributed by atoms with Gasteiger partial charge in [0.15, 0.2) is 15.7 Å². The van der Waals surface area contributed by atoms with E-state index >= 15 is 0 Å². The normalized spacial score (nSPS) is 20.8. The first kappa shape index (κ1) is 29.6. The maximum Gasteiger partial charge on any atom is 0.181 e. The van der Waals surface area contributed by atoms with Crippen molar-refractivity contribution in [2.75, 3.05) is 24.3 Å². The van der Waals surface area contributed by atoms with Crippen LogP contribution in [0.5, 0.6) is 0 Å². The summed E-state index contributed by atoms with van der Waals surface area (Å²) in [5.41, 5.74) is 5.33. The van der Waals surface area contributed by atoms with E-state index < -0.39 is 9.84 Å². The van der Waals surface area contributed by atoms with E-state index in [4.69, 9.17) is 14.7 Å². The van der Waals surface area contributed by atoms with E-state index in [0.717, 1.165) is 89.5 Å². The Balaban J connectivity index is 1.30. The fourth-order valence-corrected chi connectivity index (χ4v) is 10.9. The highest BCUT2D eigenvalue weighted by Crippen LogP contribution is 2.51. The molecule has 1 aliphatic carbocycles. The molecule has 12 heteroatoms. The molecule has 10 nitrogen and oxygen atoms in total. The van der Waals surface area contributed by atoms with Crippen LogP contribution in [0.25, 0.3) is 31.9 Å². The summed E-state index contributed by atoms with van der Waals surface area (Å²) in [5.74, 6) is 1.90. The van der Waals surface area contributed by atoms with Crippen LogP contribution in [0.4, 0.5) is 5.82 Å². The van der Waals surface area contributed by atoms with Gasteiger partial charge in [-0.05, 0) is 79.5 Å². The van der Waals surface area contributed by atoms with Gasteiger partial charge in [-0.1, -0.05) is 19.9 Å². The van der Waals surface area contributed by atoms with E-state index in [1.54, 1.807) is 11.3 Å². The van der Waals surface area contributed by atoms with E-state index in [1.807, 2.05) is 24.5 Å². The third kappa shape index (κ3) is 5.20. The number of nitrogens with zero attached hydrogens (tertiary/aromatic N) is 5. The number of pyridine rings is 3. The molecule has 7 heterocycles. The van der Waals surface area contributed by atoms with Crippen LogP contribution in [0.2, 0.25) is 0 Å². The Hall–Kier alpha value is -3.74. The van der Waals surface area contributed by atoms with Crippen molar-refractivity contribution >= 4 is 37.1 Å². The summed E-state index contributed by atoms with van der Waals surface area (Å²) >= 11 is 1.57. The Morgan fingerprint density at radius 3 is 2.76 bits per heavy atom. The van der Waals surface area contributed by atoms with Crippen molar-refractivity contribution in [1.29, 1.82) is 0 Å². The Labute approximate surface area is 272 Å². The van der Waals surface area contributed by atoms with Gasteiger partial charge < -0.3 is 10.1 Å². The van der Waals surface area contributed by atoms with Crippen LogP contribution in [0.3, 0.4) is 0 Å². The number of hydrogen-bond acceptors (Lipinski definition) is 10. The third-order valence-corrected chi connectivity index (χ3v) is 12.9. The summed E-state index contributed by atoms with van der Waals surface area (Å²) in [6, 6.07) is 8.33. The van der Waals surface area contributed by atoms with Crippen LogP contribution in [-0.2, 0) is 27.4 Å². The van der Waals surface area contributed by atoms with Gasteiger partial charge in [0.2, 0.25) is 0 Å². The summed E-state index contributed by atoms with van der Waals surface area (Å²) in [4.78, 5) is 20.3. The molecular weight excluding hydrogens is 619 g/mol. The first-order valence-corrected chi connectivity index (χ1v) is 18.7. The predicted octanol–water partition coefficient (Wildman–Crippen LogP) is 6.52. The van der Waals surface area contributed by atoms with Crippen LogP contribution < -0.4 is 5.32 Å². The van der Waals surface area contributed by atoms with Gasteiger partial charge in [-0.25, -0.2) is 18.4 Å². The molecule has 0 amide bonds. The van der Waals surface area contributed by atoms with E-state index in [2.05, 4.69) is 51.5 Å². The lowest BCUT2D eigenvalue weighted by atomic mass is 9.89. The average molecular weight is 656 g/mol. The van der Waals surface area contributed by atoms with Crippen molar-refractivity contribution in [2.24, 2.45) is 11.8 Å². The van der Waals surface area contributed by atoms with E-state index in [9.17, 15) is 8.42 Å². The average Bonchev–Trinajstić information content (AvgIpc) is 3.86. The second-order valence-corrected chi connectivity index (χ2v) is 16.1. The standard InChI is InChI=1S/C34H37N7O3S2/c1-19(2)23-17-46(42,43)32-29(28(33-37-18-38-41-33)26(39-30(23)32)6-5-20-10-14-44-15-11-20)27-16-21-9-13-36-34(31(21)45-27)40-25-8-7-24-22(25)4-3-12-35-24/h3-4,9,12-13,16,18-20,23,25H,5-8,10-11,14-15,17H2,1-2H3,(H,36,40)(H,37,38,41)/t23-,25+/m0/s1. The number of ether oxygens (including phenoxy) is 1. The molecule has 2 atom stereocenters. The summed E-state index contributed by atoms with van der Waals surface area (Å²) in [6.07, 6.45) is 10.7. The molecular formula is C34H37N7O3S2. The van der Waals surface area contributed by atoms with Gasteiger partial charge in [-0.15, -0.1) is 11.3 Å². The van der Waals surface area contributed by atoms with Gasteiger partial charge in [-0.3, -0.25) is 15.1 Å². The lowest BCUT2D eigenvalue weighted by molar-refractivity contribution is 0.0639. The number of rotatable bonds is 8.